The van der Waals surface area contributed by atoms with E-state index in [2.05, 4.69) is 29.6 Å². The first-order valence-electron chi connectivity index (χ1n) is 9.16. The number of thiophene rings is 1. The zero-order chi connectivity index (χ0) is 20.1. The number of carbonyl (C=O) groups excluding carboxylic acids is 1. The van der Waals surface area contributed by atoms with Gasteiger partial charge in [0.25, 0.3) is 10.0 Å². The molecule has 1 heterocycles. The maximum atomic E-state index is 12.4. The molecule has 7 heteroatoms. The summed E-state index contributed by atoms with van der Waals surface area (Å²) < 4.78 is 26.4. The van der Waals surface area contributed by atoms with Crippen LogP contribution in [0, 0.1) is 0 Å². The van der Waals surface area contributed by atoms with Gasteiger partial charge in [0.2, 0.25) is 5.91 Å². The molecular weight excluding hydrogens is 392 g/mol. The number of rotatable bonds is 8. The predicted molar refractivity (Wildman–Crippen MR) is 114 cm³/mol. The maximum absolute atomic E-state index is 12.4. The molecule has 2 aromatic carbocycles. The predicted octanol–water partition coefficient (Wildman–Crippen LogP) is 4.18. The van der Waals surface area contributed by atoms with Crippen molar-refractivity contribution in [2.45, 2.75) is 30.0 Å². The number of nitrogens with one attached hydrogen (secondary N) is 1. The average molecular weight is 417 g/mol. The summed E-state index contributed by atoms with van der Waals surface area (Å²) in [6.45, 7) is 2.26. The van der Waals surface area contributed by atoms with Crippen molar-refractivity contribution in [2.24, 2.45) is 0 Å². The molecule has 0 spiro atoms. The number of hydrogen-bond acceptors (Lipinski definition) is 4. The van der Waals surface area contributed by atoms with Crippen LogP contribution in [0.3, 0.4) is 0 Å². The lowest BCUT2D eigenvalue weighted by atomic mass is 10.0. The first-order chi connectivity index (χ1) is 13.4. The number of hydrogen-bond donors (Lipinski definition) is 1. The van der Waals surface area contributed by atoms with E-state index in [4.69, 9.17) is 0 Å². The summed E-state index contributed by atoms with van der Waals surface area (Å²) >= 11 is 1.20. The third-order valence-corrected chi connectivity index (χ3v) is 7.92. The van der Waals surface area contributed by atoms with Crippen LogP contribution >= 0.6 is 11.3 Å². The SMILES string of the molecule is CC(NC(=O)CCCN(C)S(=O)(=O)c1cccs1)c1ccc2ccccc2c1. The van der Waals surface area contributed by atoms with Crippen LogP contribution in [-0.4, -0.2) is 32.2 Å². The first kappa shape index (κ1) is 20.5. The lowest BCUT2D eigenvalue weighted by Gasteiger charge is -2.17. The molecule has 0 aliphatic heterocycles. The Morgan fingerprint density at radius 3 is 2.57 bits per heavy atom. The molecule has 0 saturated heterocycles. The van der Waals surface area contributed by atoms with Crippen LogP contribution in [0.25, 0.3) is 10.8 Å². The van der Waals surface area contributed by atoms with Gasteiger partial charge in [0.05, 0.1) is 6.04 Å². The standard InChI is InChI=1S/C21H24N2O3S2/c1-16(18-12-11-17-7-3-4-8-19(17)15-18)22-20(24)9-5-13-23(2)28(25,26)21-10-6-14-27-21/h3-4,6-8,10-12,14-16H,5,9,13H2,1-2H3,(H,22,24). The Hall–Kier alpha value is -2.22. The molecule has 1 N–H and O–H groups in total. The average Bonchev–Trinajstić information content (AvgIpc) is 3.23. The van der Waals surface area contributed by atoms with Crippen LogP contribution in [0.2, 0.25) is 0 Å². The third kappa shape index (κ3) is 4.79. The molecule has 3 rings (SSSR count). The number of carbonyl (C=O) groups is 1. The monoisotopic (exact) mass is 416 g/mol. The quantitative estimate of drug-likeness (QED) is 0.599. The Kier molecular flexibility index (Phi) is 6.49. The fourth-order valence-electron chi connectivity index (χ4n) is 3.02. The molecule has 1 unspecified atom stereocenters. The number of nitrogens with zero attached hydrogens (tertiary/aromatic N) is 1. The number of benzene rings is 2. The first-order valence-corrected chi connectivity index (χ1v) is 11.5. The van der Waals surface area contributed by atoms with E-state index in [1.54, 1.807) is 24.6 Å². The lowest BCUT2D eigenvalue weighted by molar-refractivity contribution is -0.121. The van der Waals surface area contributed by atoms with Gasteiger partial charge in [-0.15, -0.1) is 11.3 Å². The Balaban J connectivity index is 1.51. The van der Waals surface area contributed by atoms with Gasteiger partial charge in [0.1, 0.15) is 4.21 Å². The van der Waals surface area contributed by atoms with E-state index in [1.165, 1.54) is 21.0 Å². The molecule has 148 valence electrons. The summed E-state index contributed by atoms with van der Waals surface area (Å²) in [6.07, 6.45) is 0.750. The fourth-order valence-corrected chi connectivity index (χ4v) is 5.43. The van der Waals surface area contributed by atoms with E-state index in [-0.39, 0.29) is 18.4 Å². The van der Waals surface area contributed by atoms with Gasteiger partial charge in [-0.3, -0.25) is 4.79 Å². The molecule has 1 amide bonds. The van der Waals surface area contributed by atoms with E-state index >= 15 is 0 Å². The Bertz CT molecular complexity index is 1050. The van der Waals surface area contributed by atoms with Crippen LogP contribution < -0.4 is 5.32 Å². The highest BCUT2D eigenvalue weighted by atomic mass is 32.2. The van der Waals surface area contributed by atoms with Crippen LogP contribution in [-0.2, 0) is 14.8 Å². The highest BCUT2D eigenvalue weighted by molar-refractivity contribution is 7.91. The summed E-state index contributed by atoms with van der Waals surface area (Å²) in [5, 5.41) is 7.04. The number of amides is 1. The molecule has 28 heavy (non-hydrogen) atoms. The highest BCUT2D eigenvalue weighted by Gasteiger charge is 2.21. The van der Waals surface area contributed by atoms with E-state index in [0.29, 0.717) is 17.2 Å². The van der Waals surface area contributed by atoms with Gasteiger partial charge in [-0.05, 0) is 47.2 Å². The van der Waals surface area contributed by atoms with Gasteiger partial charge in [0, 0.05) is 20.0 Å². The van der Waals surface area contributed by atoms with Gasteiger partial charge >= 0.3 is 0 Å². The van der Waals surface area contributed by atoms with Crippen molar-refractivity contribution >= 4 is 38.0 Å². The van der Waals surface area contributed by atoms with Gasteiger partial charge in [-0.1, -0.05) is 42.5 Å². The summed E-state index contributed by atoms with van der Waals surface area (Å²) in [5.41, 5.74) is 1.05. The topological polar surface area (TPSA) is 66.5 Å². The minimum absolute atomic E-state index is 0.0809. The van der Waals surface area contributed by atoms with Crippen molar-refractivity contribution < 1.29 is 13.2 Å². The molecule has 0 bridgehead atoms. The number of sulfonamides is 1. The van der Waals surface area contributed by atoms with Gasteiger partial charge in [0.15, 0.2) is 0 Å². The summed E-state index contributed by atoms with van der Waals surface area (Å²) in [4.78, 5) is 12.3. The zero-order valence-corrected chi connectivity index (χ0v) is 17.6. The van der Waals surface area contributed by atoms with Crippen LogP contribution in [0.15, 0.2) is 64.2 Å². The lowest BCUT2D eigenvalue weighted by Crippen LogP contribution is -2.30. The van der Waals surface area contributed by atoms with E-state index < -0.39 is 10.0 Å². The molecule has 0 radical (unpaired) electrons. The third-order valence-electron chi connectivity index (χ3n) is 4.69. The van der Waals surface area contributed by atoms with Crippen LogP contribution in [0.5, 0.6) is 0 Å². The zero-order valence-electron chi connectivity index (χ0n) is 16.0. The van der Waals surface area contributed by atoms with Crippen molar-refractivity contribution in [3.63, 3.8) is 0 Å². The normalized spacial score (nSPS) is 13.0. The second kappa shape index (κ2) is 8.86. The van der Waals surface area contributed by atoms with Crippen molar-refractivity contribution in [1.82, 2.24) is 9.62 Å². The largest absolute Gasteiger partial charge is 0.350 e. The van der Waals surface area contributed by atoms with Crippen LogP contribution in [0.1, 0.15) is 31.4 Å². The van der Waals surface area contributed by atoms with Gasteiger partial charge < -0.3 is 5.32 Å². The molecule has 0 fully saturated rings. The fraction of sp³-hybridized carbons (Fsp3) is 0.286. The smallest absolute Gasteiger partial charge is 0.252 e. The summed E-state index contributed by atoms with van der Waals surface area (Å²) in [7, 11) is -1.91. The molecule has 0 aliphatic carbocycles. The molecule has 0 saturated carbocycles. The molecule has 3 aromatic rings. The molecule has 0 aliphatic rings. The molecular formula is C21H24N2O3S2. The Morgan fingerprint density at radius 1 is 1.11 bits per heavy atom. The Morgan fingerprint density at radius 2 is 1.86 bits per heavy atom. The van der Waals surface area contributed by atoms with E-state index in [9.17, 15) is 13.2 Å². The molecule has 1 atom stereocenters. The van der Waals surface area contributed by atoms with Gasteiger partial charge in [-0.2, -0.15) is 0 Å². The van der Waals surface area contributed by atoms with Crippen molar-refractivity contribution in [3.05, 3.63) is 65.5 Å². The number of fused-ring (bicyclic) bond motifs is 1. The molecule has 5 nitrogen and oxygen atoms in total. The minimum Gasteiger partial charge on any atom is -0.350 e. The second-order valence-electron chi connectivity index (χ2n) is 6.76. The minimum atomic E-state index is -3.46. The van der Waals surface area contributed by atoms with Crippen molar-refractivity contribution in [3.8, 4) is 0 Å². The summed E-state index contributed by atoms with van der Waals surface area (Å²) in [5.74, 6) is -0.0809. The van der Waals surface area contributed by atoms with Crippen molar-refractivity contribution in [1.29, 1.82) is 0 Å². The van der Waals surface area contributed by atoms with E-state index in [0.717, 1.165) is 10.9 Å². The van der Waals surface area contributed by atoms with Gasteiger partial charge in [-0.25, -0.2) is 12.7 Å². The summed E-state index contributed by atoms with van der Waals surface area (Å²) in [6, 6.07) is 17.5. The van der Waals surface area contributed by atoms with Crippen molar-refractivity contribution in [2.75, 3.05) is 13.6 Å². The maximum Gasteiger partial charge on any atom is 0.252 e. The van der Waals surface area contributed by atoms with E-state index in [1.807, 2.05) is 25.1 Å². The second-order valence-corrected chi connectivity index (χ2v) is 9.98. The Labute approximate surface area is 170 Å². The molecule has 1 aromatic heterocycles. The van der Waals surface area contributed by atoms with Crippen LogP contribution in [0.4, 0.5) is 0 Å². The highest BCUT2D eigenvalue weighted by Crippen LogP contribution is 2.21.